The number of nitrogens with two attached hydrogens (primary N) is 1. The number of aryl methyl sites for hydroxylation is 1. The number of rotatable bonds is 8. The molecule has 0 aliphatic carbocycles. The summed E-state index contributed by atoms with van der Waals surface area (Å²) in [6.45, 7) is 10.9. The van der Waals surface area contributed by atoms with E-state index in [9.17, 15) is 13.2 Å². The van der Waals surface area contributed by atoms with Crippen LogP contribution < -0.4 is 11.1 Å². The molecule has 0 radical (unpaired) electrons. The number of likely N-dealkylation sites (tertiary alicyclic amines) is 1. The summed E-state index contributed by atoms with van der Waals surface area (Å²) in [7, 11) is -3.57. The normalized spacial score (nSPS) is 21.0. The summed E-state index contributed by atoms with van der Waals surface area (Å²) < 4.78 is 27.1. The quantitative estimate of drug-likeness (QED) is 0.696. The Morgan fingerprint density at radius 2 is 2.00 bits per heavy atom. The zero-order chi connectivity index (χ0) is 20.2. The van der Waals surface area contributed by atoms with Gasteiger partial charge in [-0.05, 0) is 49.5 Å². The molecule has 1 amide bonds. The lowest BCUT2D eigenvalue weighted by atomic mass is 9.90. The minimum absolute atomic E-state index is 0.0646. The minimum Gasteiger partial charge on any atom is -0.330 e. The molecular weight excluding hydrogens is 364 g/mol. The van der Waals surface area contributed by atoms with Crippen molar-refractivity contribution in [1.82, 2.24) is 9.21 Å². The number of carbonyl (C=O) groups excluding carboxylic acids is 1. The van der Waals surface area contributed by atoms with E-state index in [0.29, 0.717) is 30.9 Å². The van der Waals surface area contributed by atoms with Crippen molar-refractivity contribution in [3.63, 3.8) is 0 Å². The van der Waals surface area contributed by atoms with Crippen molar-refractivity contribution in [2.45, 2.75) is 39.0 Å². The van der Waals surface area contributed by atoms with Crippen LogP contribution in [0, 0.1) is 12.3 Å². The molecule has 0 saturated carbocycles. The van der Waals surface area contributed by atoms with Gasteiger partial charge in [0.2, 0.25) is 15.9 Å². The second kappa shape index (κ2) is 8.68. The van der Waals surface area contributed by atoms with Crippen LogP contribution in [-0.2, 0) is 14.8 Å². The molecule has 7 nitrogen and oxygen atoms in total. The first kappa shape index (κ1) is 21.8. The highest BCUT2D eigenvalue weighted by Gasteiger charge is 2.33. The Morgan fingerprint density at radius 3 is 2.56 bits per heavy atom. The molecule has 8 heteroatoms. The van der Waals surface area contributed by atoms with E-state index in [1.165, 1.54) is 4.31 Å². The number of carbonyl (C=O) groups is 1. The lowest BCUT2D eigenvalue weighted by Gasteiger charge is -2.22. The van der Waals surface area contributed by atoms with Crippen molar-refractivity contribution >= 4 is 21.6 Å². The van der Waals surface area contributed by atoms with Gasteiger partial charge in [0.1, 0.15) is 0 Å². The zero-order valence-electron chi connectivity index (χ0n) is 16.8. The second-order valence-corrected chi connectivity index (χ2v) is 9.50. The molecule has 1 heterocycles. The highest BCUT2D eigenvalue weighted by atomic mass is 32.2. The molecule has 1 unspecified atom stereocenters. The molecule has 1 atom stereocenters. The standard InChI is InChI=1S/C19H32N4O3S/c1-5-23(6-2)27(25,26)17-11-16(8-7-15(17)3)21-18(24)12-22-10-9-19(4,13-20)14-22/h7-8,11H,5-6,9-10,12-14,20H2,1-4H3,(H,21,24). The molecule has 1 aliphatic heterocycles. The molecule has 1 aromatic rings. The van der Waals surface area contributed by atoms with E-state index < -0.39 is 10.0 Å². The summed E-state index contributed by atoms with van der Waals surface area (Å²) in [5.74, 6) is -0.147. The van der Waals surface area contributed by atoms with E-state index in [-0.39, 0.29) is 22.8 Å². The Morgan fingerprint density at radius 1 is 1.33 bits per heavy atom. The number of nitrogens with one attached hydrogen (secondary N) is 1. The van der Waals surface area contributed by atoms with Gasteiger partial charge in [-0.25, -0.2) is 8.42 Å². The van der Waals surface area contributed by atoms with Crippen molar-refractivity contribution < 1.29 is 13.2 Å². The van der Waals surface area contributed by atoms with Crippen molar-refractivity contribution in [1.29, 1.82) is 0 Å². The predicted molar refractivity (Wildman–Crippen MR) is 108 cm³/mol. The molecule has 0 spiro atoms. The van der Waals surface area contributed by atoms with Crippen molar-refractivity contribution in [3.8, 4) is 0 Å². The third-order valence-electron chi connectivity index (χ3n) is 5.29. The van der Waals surface area contributed by atoms with Gasteiger partial charge in [0.25, 0.3) is 0 Å². The lowest BCUT2D eigenvalue weighted by Crippen LogP contribution is -2.35. The van der Waals surface area contributed by atoms with Crippen LogP contribution in [0.25, 0.3) is 0 Å². The molecular formula is C19H32N4O3S. The number of hydrogen-bond donors (Lipinski definition) is 2. The molecule has 1 saturated heterocycles. The topological polar surface area (TPSA) is 95.7 Å². The first-order valence-corrected chi connectivity index (χ1v) is 10.9. The highest BCUT2D eigenvalue weighted by Crippen LogP contribution is 2.28. The number of nitrogens with zero attached hydrogens (tertiary/aromatic N) is 2. The van der Waals surface area contributed by atoms with Gasteiger partial charge in [-0.1, -0.05) is 26.8 Å². The molecule has 3 N–H and O–H groups in total. The van der Waals surface area contributed by atoms with Gasteiger partial charge in [0.05, 0.1) is 11.4 Å². The third-order valence-corrected chi connectivity index (χ3v) is 7.48. The van der Waals surface area contributed by atoms with Gasteiger partial charge in [0, 0.05) is 25.3 Å². The number of sulfonamides is 1. The van der Waals surface area contributed by atoms with Gasteiger partial charge in [0.15, 0.2) is 0 Å². The van der Waals surface area contributed by atoms with E-state index >= 15 is 0 Å². The van der Waals surface area contributed by atoms with Crippen LogP contribution in [0.2, 0.25) is 0 Å². The maximum absolute atomic E-state index is 12.8. The van der Waals surface area contributed by atoms with Crippen LogP contribution in [0.3, 0.4) is 0 Å². The molecule has 1 aromatic carbocycles. The highest BCUT2D eigenvalue weighted by molar-refractivity contribution is 7.89. The van der Waals surface area contributed by atoms with Crippen molar-refractivity contribution in [2.75, 3.05) is 44.6 Å². The number of hydrogen-bond acceptors (Lipinski definition) is 5. The second-order valence-electron chi connectivity index (χ2n) is 7.59. The van der Waals surface area contributed by atoms with Crippen LogP contribution in [0.4, 0.5) is 5.69 Å². The van der Waals surface area contributed by atoms with Gasteiger partial charge >= 0.3 is 0 Å². The minimum atomic E-state index is -3.57. The molecule has 152 valence electrons. The first-order chi connectivity index (χ1) is 12.6. The SMILES string of the molecule is CCN(CC)S(=O)(=O)c1cc(NC(=O)CN2CCC(C)(CN)C2)ccc1C. The number of amides is 1. The van der Waals surface area contributed by atoms with Gasteiger partial charge in [-0.2, -0.15) is 4.31 Å². The van der Waals surface area contributed by atoms with Crippen molar-refractivity contribution in [3.05, 3.63) is 23.8 Å². The van der Waals surface area contributed by atoms with E-state index in [2.05, 4.69) is 17.1 Å². The summed E-state index contributed by atoms with van der Waals surface area (Å²) in [5.41, 5.74) is 7.04. The number of benzene rings is 1. The lowest BCUT2D eigenvalue weighted by molar-refractivity contribution is -0.117. The molecule has 27 heavy (non-hydrogen) atoms. The Labute approximate surface area is 163 Å². The maximum atomic E-state index is 12.8. The van der Waals surface area contributed by atoms with Crippen LogP contribution in [0.1, 0.15) is 32.8 Å². The summed E-state index contributed by atoms with van der Waals surface area (Å²) in [6, 6.07) is 5.02. The fraction of sp³-hybridized carbons (Fsp3) is 0.632. The zero-order valence-corrected chi connectivity index (χ0v) is 17.6. The third kappa shape index (κ3) is 5.07. The Kier molecular flexibility index (Phi) is 7.02. The van der Waals surface area contributed by atoms with Crippen LogP contribution in [0.15, 0.2) is 23.1 Å². The number of anilines is 1. The summed E-state index contributed by atoms with van der Waals surface area (Å²) in [6.07, 6.45) is 0.980. The predicted octanol–water partition coefficient (Wildman–Crippen LogP) is 1.63. The van der Waals surface area contributed by atoms with E-state index in [1.807, 2.05) is 13.8 Å². The molecule has 1 aliphatic rings. The maximum Gasteiger partial charge on any atom is 0.243 e. The molecule has 0 aromatic heterocycles. The Balaban J connectivity index is 2.11. The fourth-order valence-corrected chi connectivity index (χ4v) is 5.20. The van der Waals surface area contributed by atoms with Crippen LogP contribution >= 0.6 is 0 Å². The monoisotopic (exact) mass is 396 g/mol. The first-order valence-electron chi connectivity index (χ1n) is 9.48. The fourth-order valence-electron chi connectivity index (χ4n) is 3.49. The van der Waals surface area contributed by atoms with Crippen molar-refractivity contribution in [2.24, 2.45) is 11.1 Å². The summed E-state index contributed by atoms with van der Waals surface area (Å²) >= 11 is 0. The van der Waals surface area contributed by atoms with Crippen LogP contribution in [0.5, 0.6) is 0 Å². The molecule has 1 fully saturated rings. The van der Waals surface area contributed by atoms with E-state index in [4.69, 9.17) is 5.73 Å². The molecule has 2 rings (SSSR count). The van der Waals surface area contributed by atoms with Crippen LogP contribution in [-0.4, -0.2) is 62.8 Å². The van der Waals surface area contributed by atoms with E-state index in [0.717, 1.165) is 19.5 Å². The summed E-state index contributed by atoms with van der Waals surface area (Å²) in [4.78, 5) is 14.7. The average molecular weight is 397 g/mol. The largest absolute Gasteiger partial charge is 0.330 e. The van der Waals surface area contributed by atoms with Gasteiger partial charge in [-0.3, -0.25) is 9.69 Å². The Hall–Kier alpha value is -1.48. The van der Waals surface area contributed by atoms with Gasteiger partial charge in [-0.15, -0.1) is 0 Å². The molecule has 0 bridgehead atoms. The van der Waals surface area contributed by atoms with Gasteiger partial charge < -0.3 is 11.1 Å². The summed E-state index contributed by atoms with van der Waals surface area (Å²) in [5, 5.41) is 2.83. The van der Waals surface area contributed by atoms with E-state index in [1.54, 1.807) is 25.1 Å². The average Bonchev–Trinajstić information content (AvgIpc) is 2.98. The smallest absolute Gasteiger partial charge is 0.243 e. The Bertz CT molecular complexity index is 777.